The van der Waals surface area contributed by atoms with Crippen LogP contribution >= 0.6 is 33.9 Å². The van der Waals surface area contributed by atoms with Gasteiger partial charge in [-0.25, -0.2) is 4.99 Å². The Bertz CT molecular complexity index is 868. The summed E-state index contributed by atoms with van der Waals surface area (Å²) in [5.74, 6) is 1.48. The first-order chi connectivity index (χ1) is 12.7. The van der Waals surface area contributed by atoms with Crippen molar-refractivity contribution in [2.24, 2.45) is 4.99 Å². The Kier molecular flexibility index (Phi) is 6.54. The summed E-state index contributed by atoms with van der Waals surface area (Å²) in [6.07, 6.45) is 7.19. The topological polar surface area (TPSA) is 54.6 Å². The summed E-state index contributed by atoms with van der Waals surface area (Å²) in [6, 6.07) is 6.31. The molecule has 0 fully saturated rings. The van der Waals surface area contributed by atoms with Crippen LogP contribution in [0.25, 0.3) is 0 Å². The van der Waals surface area contributed by atoms with Crippen LogP contribution in [0.4, 0.5) is 5.00 Å². The van der Waals surface area contributed by atoms with Gasteiger partial charge in [-0.2, -0.15) is 5.26 Å². The smallest absolute Gasteiger partial charge is 0.174 e. The summed E-state index contributed by atoms with van der Waals surface area (Å²) < 4.78 is 12.3. The molecule has 0 saturated carbocycles. The second kappa shape index (κ2) is 8.87. The highest BCUT2D eigenvalue weighted by Crippen LogP contribution is 2.39. The summed E-state index contributed by atoms with van der Waals surface area (Å²) in [5, 5.41) is 10.4. The van der Waals surface area contributed by atoms with Crippen molar-refractivity contribution in [3.63, 3.8) is 0 Å². The second-order valence-corrected chi connectivity index (χ2v) is 8.39. The van der Waals surface area contributed by atoms with Gasteiger partial charge in [0.1, 0.15) is 11.1 Å². The van der Waals surface area contributed by atoms with Crippen molar-refractivity contribution in [3.8, 4) is 17.6 Å². The number of thiophene rings is 1. The van der Waals surface area contributed by atoms with Gasteiger partial charge < -0.3 is 9.47 Å². The van der Waals surface area contributed by atoms with Crippen molar-refractivity contribution in [1.82, 2.24) is 0 Å². The van der Waals surface area contributed by atoms with E-state index in [-0.39, 0.29) is 0 Å². The van der Waals surface area contributed by atoms with E-state index in [1.54, 1.807) is 18.4 Å². The Balaban J connectivity index is 1.91. The average Bonchev–Trinajstić information content (AvgIpc) is 3.02. The zero-order valence-corrected chi connectivity index (χ0v) is 17.9. The summed E-state index contributed by atoms with van der Waals surface area (Å²) in [7, 11) is 1.65. The molecule has 0 spiro atoms. The molecule has 2 aromatic rings. The minimum absolute atomic E-state index is 0.659. The van der Waals surface area contributed by atoms with Gasteiger partial charge in [-0.1, -0.05) is 6.92 Å². The van der Waals surface area contributed by atoms with Crippen molar-refractivity contribution in [1.29, 1.82) is 5.26 Å². The van der Waals surface area contributed by atoms with Gasteiger partial charge in [0.25, 0.3) is 0 Å². The predicted molar refractivity (Wildman–Crippen MR) is 114 cm³/mol. The van der Waals surface area contributed by atoms with E-state index >= 15 is 0 Å². The van der Waals surface area contributed by atoms with Crippen molar-refractivity contribution in [2.75, 3.05) is 13.7 Å². The first-order valence-corrected chi connectivity index (χ1v) is 10.7. The molecule has 1 heterocycles. The minimum Gasteiger partial charge on any atom is -0.493 e. The SMILES string of the molecule is CCCOc1c(I)cc(C=Nc2sc3c(c2C#N)CCCC3)cc1OC. The molecule has 0 unspecified atom stereocenters. The highest BCUT2D eigenvalue weighted by molar-refractivity contribution is 14.1. The number of hydrogen-bond donors (Lipinski definition) is 0. The molecule has 0 N–H and O–H groups in total. The number of nitrogens with zero attached hydrogens (tertiary/aromatic N) is 2. The Morgan fingerprint density at radius 1 is 1.35 bits per heavy atom. The molecule has 0 aliphatic heterocycles. The number of methoxy groups -OCH3 is 1. The molecule has 0 atom stereocenters. The molecular formula is C20H21IN2O2S. The highest BCUT2D eigenvalue weighted by Gasteiger charge is 2.20. The summed E-state index contributed by atoms with van der Waals surface area (Å²) >= 11 is 3.91. The quantitative estimate of drug-likeness (QED) is 0.397. The minimum atomic E-state index is 0.659. The highest BCUT2D eigenvalue weighted by atomic mass is 127. The van der Waals surface area contributed by atoms with E-state index in [1.165, 1.54) is 16.9 Å². The Labute approximate surface area is 172 Å². The predicted octanol–water partition coefficient (Wildman–Crippen LogP) is 5.65. The maximum absolute atomic E-state index is 9.55. The van der Waals surface area contributed by atoms with E-state index in [0.717, 1.165) is 51.1 Å². The fourth-order valence-corrected chi connectivity index (χ4v) is 5.01. The molecule has 1 aliphatic rings. The van der Waals surface area contributed by atoms with E-state index in [1.807, 2.05) is 18.3 Å². The third-order valence-corrected chi connectivity index (χ3v) is 6.30. The largest absolute Gasteiger partial charge is 0.493 e. The second-order valence-electron chi connectivity index (χ2n) is 6.14. The zero-order valence-electron chi connectivity index (χ0n) is 15.0. The van der Waals surface area contributed by atoms with Crippen LogP contribution in [0, 0.1) is 14.9 Å². The van der Waals surface area contributed by atoms with E-state index in [0.29, 0.717) is 12.4 Å². The van der Waals surface area contributed by atoms with Gasteiger partial charge in [-0.15, -0.1) is 11.3 Å². The normalized spacial score (nSPS) is 13.5. The van der Waals surface area contributed by atoms with E-state index in [4.69, 9.17) is 9.47 Å². The van der Waals surface area contributed by atoms with E-state index < -0.39 is 0 Å². The third-order valence-electron chi connectivity index (χ3n) is 4.30. The fraction of sp³-hybridized carbons (Fsp3) is 0.400. The summed E-state index contributed by atoms with van der Waals surface area (Å²) in [4.78, 5) is 5.96. The number of halogens is 1. The fourth-order valence-electron chi connectivity index (χ4n) is 3.05. The van der Waals surface area contributed by atoms with Gasteiger partial charge in [0.05, 0.1) is 22.9 Å². The molecule has 0 amide bonds. The van der Waals surface area contributed by atoms with Gasteiger partial charge in [0, 0.05) is 11.1 Å². The lowest BCUT2D eigenvalue weighted by Crippen LogP contribution is -2.01. The standard InChI is InChI=1S/C20H21IN2O2S/c1-3-8-25-19-16(21)9-13(10-17(19)24-2)12-23-20-15(11-22)14-6-4-5-7-18(14)26-20/h9-10,12H,3-8H2,1-2H3. The molecule has 26 heavy (non-hydrogen) atoms. The van der Waals surface area contributed by atoms with Gasteiger partial charge >= 0.3 is 0 Å². The Morgan fingerprint density at radius 3 is 2.88 bits per heavy atom. The molecule has 0 saturated heterocycles. The number of aryl methyl sites for hydroxylation is 1. The van der Waals surface area contributed by atoms with Crippen molar-refractivity contribution < 1.29 is 9.47 Å². The monoisotopic (exact) mass is 480 g/mol. The number of hydrogen-bond acceptors (Lipinski definition) is 5. The first kappa shape index (κ1) is 19.2. The maximum Gasteiger partial charge on any atom is 0.174 e. The van der Waals surface area contributed by atoms with Gasteiger partial charge in [-0.05, 0) is 78.0 Å². The van der Waals surface area contributed by atoms with Gasteiger partial charge in [0.2, 0.25) is 0 Å². The molecule has 6 heteroatoms. The third kappa shape index (κ3) is 4.04. The lowest BCUT2D eigenvalue weighted by atomic mass is 9.96. The number of fused-ring (bicyclic) bond motifs is 1. The number of nitriles is 1. The molecule has 0 bridgehead atoms. The van der Waals surface area contributed by atoms with Crippen LogP contribution in [-0.4, -0.2) is 19.9 Å². The van der Waals surface area contributed by atoms with E-state index in [9.17, 15) is 5.26 Å². The molecule has 4 nitrogen and oxygen atoms in total. The van der Waals surface area contributed by atoms with Crippen LogP contribution in [0.2, 0.25) is 0 Å². The molecule has 1 aliphatic carbocycles. The van der Waals surface area contributed by atoms with Crippen LogP contribution in [0.1, 0.15) is 47.8 Å². The molecular weight excluding hydrogens is 459 g/mol. The number of ether oxygens (including phenoxy) is 2. The summed E-state index contributed by atoms with van der Waals surface area (Å²) in [5.41, 5.74) is 2.90. The molecule has 0 radical (unpaired) electrons. The number of benzene rings is 1. The van der Waals surface area contributed by atoms with Crippen molar-refractivity contribution in [3.05, 3.63) is 37.3 Å². The molecule has 1 aromatic carbocycles. The molecule has 3 rings (SSSR count). The maximum atomic E-state index is 9.55. The van der Waals surface area contributed by atoms with Crippen LogP contribution in [-0.2, 0) is 12.8 Å². The lowest BCUT2D eigenvalue weighted by Gasteiger charge is -2.12. The van der Waals surface area contributed by atoms with Gasteiger partial charge in [0.15, 0.2) is 11.5 Å². The van der Waals surface area contributed by atoms with Crippen LogP contribution < -0.4 is 9.47 Å². The first-order valence-electron chi connectivity index (χ1n) is 8.77. The van der Waals surface area contributed by atoms with Crippen LogP contribution in [0.15, 0.2) is 17.1 Å². The molecule has 1 aromatic heterocycles. The van der Waals surface area contributed by atoms with Crippen LogP contribution in [0.3, 0.4) is 0 Å². The Hall–Kier alpha value is -1.59. The number of aliphatic imine (C=N–C) groups is 1. The van der Waals surface area contributed by atoms with Crippen molar-refractivity contribution >= 4 is 45.1 Å². The van der Waals surface area contributed by atoms with E-state index in [2.05, 4.69) is 40.6 Å². The van der Waals surface area contributed by atoms with Gasteiger partial charge in [-0.3, -0.25) is 0 Å². The molecule has 136 valence electrons. The summed E-state index contributed by atoms with van der Waals surface area (Å²) in [6.45, 7) is 2.74. The zero-order chi connectivity index (χ0) is 18.5. The van der Waals surface area contributed by atoms with Crippen molar-refractivity contribution in [2.45, 2.75) is 39.0 Å². The van der Waals surface area contributed by atoms with Crippen LogP contribution in [0.5, 0.6) is 11.5 Å². The lowest BCUT2D eigenvalue weighted by molar-refractivity contribution is 0.292. The number of rotatable bonds is 6. The average molecular weight is 480 g/mol. The Morgan fingerprint density at radius 2 is 2.15 bits per heavy atom.